The molecule has 0 aliphatic carbocycles. The molecule has 4 aromatic carbocycles. The molecule has 5 N–H and O–H groups in total. The van der Waals surface area contributed by atoms with Gasteiger partial charge in [-0.3, -0.25) is 9.62 Å². The standard InChI is InChI=1S/C43H59N3O6S/c1-31(2)46(32(3)4)26-24-38(35-13-9-6-10-14-35)39-28-34(17-21-41(39)47)12-8-7-11-27-52-37-19-15-33(16-20-37)23-25-44-30-43(49)36-18-22-42(48)40(29-36)45-53(5,50)51/h6,9-10,13-22,28-29,31-32,38,43-45,47-49H,7-8,11-12,23-27,30H2,1-5H3/t38-,43?/m1/s1. The molecule has 0 spiro atoms. The average molecular weight is 746 g/mol. The average Bonchev–Trinajstić information content (AvgIpc) is 3.11. The number of rotatable bonds is 22. The van der Waals surface area contributed by atoms with Gasteiger partial charge in [-0.2, -0.15) is 0 Å². The molecule has 0 aromatic heterocycles. The maximum atomic E-state index is 11.5. The van der Waals surface area contributed by atoms with E-state index in [1.54, 1.807) is 6.07 Å². The number of unbranched alkanes of at least 4 members (excludes halogenated alkanes) is 2. The molecule has 0 bridgehead atoms. The van der Waals surface area contributed by atoms with E-state index in [0.717, 1.165) is 68.2 Å². The number of hydrogen-bond donors (Lipinski definition) is 5. The van der Waals surface area contributed by atoms with Crippen LogP contribution in [-0.4, -0.2) is 73.2 Å². The molecule has 0 aliphatic heterocycles. The first-order valence-corrected chi connectivity index (χ1v) is 20.7. The van der Waals surface area contributed by atoms with Crippen LogP contribution < -0.4 is 14.8 Å². The Kier molecular flexibility index (Phi) is 16.0. The van der Waals surface area contributed by atoms with Crippen LogP contribution in [0.2, 0.25) is 0 Å². The molecule has 1 unspecified atom stereocenters. The Hall–Kier alpha value is -4.09. The molecular formula is C43H59N3O6S. The van der Waals surface area contributed by atoms with Crippen molar-refractivity contribution in [2.45, 2.75) is 90.3 Å². The first-order chi connectivity index (χ1) is 25.3. The summed E-state index contributed by atoms with van der Waals surface area (Å²) < 4.78 is 31.4. The van der Waals surface area contributed by atoms with Crippen LogP contribution in [0.5, 0.6) is 17.2 Å². The summed E-state index contributed by atoms with van der Waals surface area (Å²) in [6, 6.07) is 30.0. The first kappa shape index (κ1) is 41.7. The normalized spacial score (nSPS) is 13.1. The number of nitrogens with one attached hydrogen (secondary N) is 2. The SMILES string of the molecule is CC(C)N(CC[C@H](c1ccccc1)c1cc(CCCCCOc2ccc(CCNCC(O)c3ccc(O)c(NS(C)(=O)=O)c3)cc2)ccc1O)C(C)C. The molecule has 4 aromatic rings. The Morgan fingerprint density at radius 2 is 1.43 bits per heavy atom. The Balaban J connectivity index is 1.18. The fourth-order valence-electron chi connectivity index (χ4n) is 6.80. The third-order valence-electron chi connectivity index (χ3n) is 9.60. The van der Waals surface area contributed by atoms with E-state index in [1.165, 1.54) is 23.3 Å². The molecule has 0 saturated heterocycles. The number of benzene rings is 4. The number of phenolic OH excluding ortho intramolecular Hbond substituents is 2. The van der Waals surface area contributed by atoms with Gasteiger partial charge in [0.25, 0.3) is 0 Å². The molecule has 0 saturated carbocycles. The van der Waals surface area contributed by atoms with Crippen LogP contribution in [0.1, 0.15) is 93.2 Å². The number of sulfonamides is 1. The highest BCUT2D eigenvalue weighted by molar-refractivity contribution is 7.92. The van der Waals surface area contributed by atoms with Gasteiger partial charge < -0.3 is 25.4 Å². The molecule has 9 nitrogen and oxygen atoms in total. The maximum absolute atomic E-state index is 11.5. The number of phenols is 2. The highest BCUT2D eigenvalue weighted by Gasteiger charge is 2.22. The summed E-state index contributed by atoms with van der Waals surface area (Å²) in [5.41, 5.74) is 5.17. The van der Waals surface area contributed by atoms with E-state index in [1.807, 2.05) is 36.4 Å². The first-order valence-electron chi connectivity index (χ1n) is 18.8. The molecule has 0 fully saturated rings. The third kappa shape index (κ3) is 13.7. The Morgan fingerprint density at radius 3 is 2.11 bits per heavy atom. The second kappa shape index (κ2) is 20.4. The van der Waals surface area contributed by atoms with Gasteiger partial charge in [0, 0.05) is 30.1 Å². The number of aliphatic hydroxyl groups is 1. The zero-order valence-corrected chi connectivity index (χ0v) is 32.8. The van der Waals surface area contributed by atoms with E-state index in [4.69, 9.17) is 4.74 Å². The van der Waals surface area contributed by atoms with Gasteiger partial charge >= 0.3 is 0 Å². The topological polar surface area (TPSA) is 131 Å². The van der Waals surface area contributed by atoms with E-state index in [2.05, 4.69) is 79.0 Å². The summed E-state index contributed by atoms with van der Waals surface area (Å²) in [4.78, 5) is 2.52. The van der Waals surface area contributed by atoms with Crippen molar-refractivity contribution in [2.24, 2.45) is 0 Å². The highest BCUT2D eigenvalue weighted by Crippen LogP contribution is 2.35. The molecule has 288 valence electrons. The van der Waals surface area contributed by atoms with Crippen molar-refractivity contribution in [1.29, 1.82) is 0 Å². The van der Waals surface area contributed by atoms with Gasteiger partial charge in [-0.15, -0.1) is 0 Å². The zero-order valence-electron chi connectivity index (χ0n) is 32.0. The number of aromatic hydroxyl groups is 2. The van der Waals surface area contributed by atoms with Crippen LogP contribution in [-0.2, 0) is 22.9 Å². The maximum Gasteiger partial charge on any atom is 0.229 e. The van der Waals surface area contributed by atoms with Crippen LogP contribution >= 0.6 is 0 Å². The molecule has 53 heavy (non-hydrogen) atoms. The fraction of sp³-hybridized carbons (Fsp3) is 0.442. The predicted octanol–water partition coefficient (Wildman–Crippen LogP) is 7.77. The number of aryl methyl sites for hydroxylation is 1. The van der Waals surface area contributed by atoms with Gasteiger partial charge in [-0.05, 0) is 132 Å². The Bertz CT molecular complexity index is 1790. The number of nitrogens with zero attached hydrogens (tertiary/aromatic N) is 1. The van der Waals surface area contributed by atoms with Crippen molar-refractivity contribution in [3.05, 3.63) is 119 Å². The Labute approximate surface area is 317 Å². The van der Waals surface area contributed by atoms with Crippen molar-refractivity contribution in [2.75, 3.05) is 37.2 Å². The molecule has 0 amide bonds. The fourth-order valence-corrected chi connectivity index (χ4v) is 7.36. The van der Waals surface area contributed by atoms with Gasteiger partial charge in [-0.1, -0.05) is 60.7 Å². The van der Waals surface area contributed by atoms with E-state index in [-0.39, 0.29) is 23.9 Å². The van der Waals surface area contributed by atoms with Crippen molar-refractivity contribution in [3.63, 3.8) is 0 Å². The summed E-state index contributed by atoms with van der Waals surface area (Å²) >= 11 is 0. The number of hydrogen-bond acceptors (Lipinski definition) is 8. The molecule has 0 radical (unpaired) electrons. The number of ether oxygens (including phenoxy) is 1. The minimum Gasteiger partial charge on any atom is -0.508 e. The molecule has 0 heterocycles. The highest BCUT2D eigenvalue weighted by atomic mass is 32.2. The quantitative estimate of drug-likeness (QED) is 0.0408. The molecule has 10 heteroatoms. The van der Waals surface area contributed by atoms with Crippen LogP contribution in [0.4, 0.5) is 5.69 Å². The number of aliphatic hydroxyl groups excluding tert-OH is 1. The molecule has 4 rings (SSSR count). The lowest BCUT2D eigenvalue weighted by Gasteiger charge is -2.32. The van der Waals surface area contributed by atoms with Gasteiger partial charge in [0.2, 0.25) is 10.0 Å². The molecular weight excluding hydrogens is 687 g/mol. The van der Waals surface area contributed by atoms with Crippen LogP contribution in [0, 0.1) is 0 Å². The van der Waals surface area contributed by atoms with Crippen LogP contribution in [0.3, 0.4) is 0 Å². The lowest BCUT2D eigenvalue weighted by atomic mass is 9.86. The third-order valence-corrected chi connectivity index (χ3v) is 10.2. The van der Waals surface area contributed by atoms with E-state index >= 15 is 0 Å². The second-order valence-electron chi connectivity index (χ2n) is 14.5. The van der Waals surface area contributed by atoms with Crippen LogP contribution in [0.15, 0.2) is 91.0 Å². The minimum absolute atomic E-state index is 0.0354. The lowest BCUT2D eigenvalue weighted by molar-refractivity contribution is 0.170. The molecule has 0 aliphatic rings. The largest absolute Gasteiger partial charge is 0.508 e. The van der Waals surface area contributed by atoms with Gasteiger partial charge in [0.05, 0.1) is 24.7 Å². The van der Waals surface area contributed by atoms with E-state index in [0.29, 0.717) is 36.5 Å². The summed E-state index contributed by atoms with van der Waals surface area (Å²) in [7, 11) is -3.56. The minimum atomic E-state index is -3.56. The monoisotopic (exact) mass is 745 g/mol. The number of anilines is 1. The van der Waals surface area contributed by atoms with Crippen molar-refractivity contribution >= 4 is 15.7 Å². The second-order valence-corrected chi connectivity index (χ2v) is 16.2. The van der Waals surface area contributed by atoms with Gasteiger partial charge in [0.1, 0.15) is 17.2 Å². The van der Waals surface area contributed by atoms with Crippen molar-refractivity contribution < 1.29 is 28.5 Å². The van der Waals surface area contributed by atoms with Gasteiger partial charge in [0.15, 0.2) is 0 Å². The van der Waals surface area contributed by atoms with Crippen LogP contribution in [0.25, 0.3) is 0 Å². The smallest absolute Gasteiger partial charge is 0.229 e. The lowest BCUT2D eigenvalue weighted by Crippen LogP contribution is -2.38. The summed E-state index contributed by atoms with van der Waals surface area (Å²) in [6.45, 7) is 11.5. The summed E-state index contributed by atoms with van der Waals surface area (Å²) in [6.07, 6.45) is 5.85. The van der Waals surface area contributed by atoms with Crippen molar-refractivity contribution in [1.82, 2.24) is 10.2 Å². The summed E-state index contributed by atoms with van der Waals surface area (Å²) in [5.74, 6) is 1.13. The summed E-state index contributed by atoms with van der Waals surface area (Å²) in [5, 5.41) is 34.7. The van der Waals surface area contributed by atoms with Gasteiger partial charge in [-0.25, -0.2) is 8.42 Å². The Morgan fingerprint density at radius 1 is 0.755 bits per heavy atom. The van der Waals surface area contributed by atoms with E-state index < -0.39 is 16.1 Å². The van der Waals surface area contributed by atoms with Crippen molar-refractivity contribution in [3.8, 4) is 17.2 Å². The molecule has 2 atom stereocenters. The zero-order chi connectivity index (χ0) is 38.4. The predicted molar refractivity (Wildman–Crippen MR) is 216 cm³/mol. The van der Waals surface area contributed by atoms with E-state index in [9.17, 15) is 23.7 Å².